The van der Waals surface area contributed by atoms with Crippen LogP contribution < -0.4 is 9.62 Å². The molecular weight excluding hydrogens is 532 g/mol. The van der Waals surface area contributed by atoms with Gasteiger partial charge in [0, 0.05) is 13.1 Å². The number of benzene rings is 2. The van der Waals surface area contributed by atoms with Gasteiger partial charge in [-0.25, -0.2) is 8.42 Å². The Morgan fingerprint density at radius 2 is 1.70 bits per heavy atom. The Hall–Kier alpha value is -1.71. The summed E-state index contributed by atoms with van der Waals surface area (Å²) in [5.74, 6) is -1.01. The second-order valence-corrected chi connectivity index (χ2v) is 10.7. The van der Waals surface area contributed by atoms with Crippen molar-refractivity contribution in [1.29, 1.82) is 0 Å². The van der Waals surface area contributed by atoms with E-state index in [9.17, 15) is 18.0 Å². The Kier molecular flexibility index (Phi) is 9.70. The van der Waals surface area contributed by atoms with E-state index in [1.807, 2.05) is 0 Å². The van der Waals surface area contributed by atoms with Crippen LogP contribution in [0.1, 0.15) is 19.4 Å². The molecule has 0 saturated carbocycles. The molecule has 0 radical (unpaired) electrons. The fourth-order valence-corrected chi connectivity index (χ4v) is 4.64. The molecule has 12 heteroatoms. The number of nitrogens with one attached hydrogen (secondary N) is 1. The third-order valence-corrected chi connectivity index (χ3v) is 7.41. The van der Waals surface area contributed by atoms with Gasteiger partial charge in [-0.15, -0.1) is 0 Å². The first-order valence-corrected chi connectivity index (χ1v) is 13.2. The molecule has 33 heavy (non-hydrogen) atoms. The quantitative estimate of drug-likeness (QED) is 0.490. The number of amides is 2. The second-order valence-electron chi connectivity index (χ2n) is 7.18. The Labute approximate surface area is 213 Å². The molecule has 0 aliphatic carbocycles. The molecule has 1 atom stereocenters. The van der Waals surface area contributed by atoms with E-state index in [0.29, 0.717) is 17.1 Å². The highest BCUT2D eigenvalue weighted by atomic mass is 35.5. The molecule has 0 fully saturated rings. The van der Waals surface area contributed by atoms with Gasteiger partial charge in [-0.3, -0.25) is 13.9 Å². The number of rotatable bonds is 9. The third-order valence-electron chi connectivity index (χ3n) is 4.73. The Morgan fingerprint density at radius 3 is 2.27 bits per heavy atom. The molecule has 0 aromatic heterocycles. The summed E-state index contributed by atoms with van der Waals surface area (Å²) in [6.07, 6.45) is 0.952. The maximum atomic E-state index is 13.4. The minimum atomic E-state index is -3.92. The van der Waals surface area contributed by atoms with Crippen LogP contribution in [-0.2, 0) is 26.2 Å². The predicted octanol–water partition coefficient (Wildman–Crippen LogP) is 4.62. The first kappa shape index (κ1) is 27.5. The van der Waals surface area contributed by atoms with Crippen molar-refractivity contribution in [3.63, 3.8) is 0 Å². The van der Waals surface area contributed by atoms with E-state index in [1.54, 1.807) is 32.0 Å². The normalized spacial score (nSPS) is 12.2. The van der Waals surface area contributed by atoms with Crippen molar-refractivity contribution < 1.29 is 18.0 Å². The van der Waals surface area contributed by atoms with Gasteiger partial charge in [-0.05, 0) is 43.7 Å². The molecule has 0 bridgehead atoms. The summed E-state index contributed by atoms with van der Waals surface area (Å²) in [5, 5.41) is 3.43. The van der Waals surface area contributed by atoms with Gasteiger partial charge in [-0.1, -0.05) is 58.5 Å². The molecule has 0 heterocycles. The van der Waals surface area contributed by atoms with E-state index in [-0.39, 0.29) is 27.3 Å². The Morgan fingerprint density at radius 1 is 1.03 bits per heavy atom. The van der Waals surface area contributed by atoms with Crippen molar-refractivity contribution in [3.8, 4) is 0 Å². The van der Waals surface area contributed by atoms with Crippen LogP contribution in [-0.4, -0.2) is 50.5 Å². The lowest BCUT2D eigenvalue weighted by Crippen LogP contribution is -2.51. The van der Waals surface area contributed by atoms with E-state index in [1.165, 1.54) is 23.1 Å². The second kappa shape index (κ2) is 11.6. The van der Waals surface area contributed by atoms with Crippen LogP contribution in [0.5, 0.6) is 0 Å². The molecule has 2 amide bonds. The van der Waals surface area contributed by atoms with Crippen molar-refractivity contribution >= 4 is 73.9 Å². The number of halogens is 4. The minimum Gasteiger partial charge on any atom is -0.355 e. The van der Waals surface area contributed by atoms with E-state index in [2.05, 4.69) is 5.32 Å². The first-order valence-electron chi connectivity index (χ1n) is 9.79. The standard InChI is InChI=1S/C21H23Cl4N3O4S/c1-4-26-21(30)13(2)27(11-14-8-9-15(22)17(24)10-14)19(29)12-28(33(3,31)32)18-7-5-6-16(23)20(18)25/h5-10,13H,4,11-12H2,1-3H3,(H,26,30). The molecule has 2 rings (SSSR count). The maximum Gasteiger partial charge on any atom is 0.244 e. The summed E-state index contributed by atoms with van der Waals surface area (Å²) in [6, 6.07) is 8.40. The van der Waals surface area contributed by atoms with Gasteiger partial charge in [0.2, 0.25) is 21.8 Å². The zero-order valence-electron chi connectivity index (χ0n) is 18.1. The fraction of sp³-hybridized carbons (Fsp3) is 0.333. The highest BCUT2D eigenvalue weighted by molar-refractivity contribution is 7.92. The van der Waals surface area contributed by atoms with Gasteiger partial charge in [-0.2, -0.15) is 0 Å². The summed E-state index contributed by atoms with van der Waals surface area (Å²) >= 11 is 24.3. The Bertz CT molecular complexity index is 1140. The number of hydrogen-bond acceptors (Lipinski definition) is 4. The molecule has 2 aromatic rings. The van der Waals surface area contributed by atoms with Crippen LogP contribution in [0, 0.1) is 0 Å². The van der Waals surface area contributed by atoms with Gasteiger partial charge >= 0.3 is 0 Å². The minimum absolute atomic E-state index is 0.00506. The number of carbonyl (C=O) groups excluding carboxylic acids is 2. The summed E-state index contributed by atoms with van der Waals surface area (Å²) in [7, 11) is -3.92. The van der Waals surface area contributed by atoms with E-state index in [4.69, 9.17) is 46.4 Å². The van der Waals surface area contributed by atoms with Gasteiger partial charge in [0.25, 0.3) is 0 Å². The molecule has 1 unspecified atom stereocenters. The summed E-state index contributed by atoms with van der Waals surface area (Å²) < 4.78 is 25.9. The molecular formula is C21H23Cl4N3O4S. The van der Waals surface area contributed by atoms with Gasteiger partial charge in [0.1, 0.15) is 12.6 Å². The monoisotopic (exact) mass is 553 g/mol. The van der Waals surface area contributed by atoms with Crippen molar-refractivity contribution in [3.05, 3.63) is 62.1 Å². The van der Waals surface area contributed by atoms with Crippen LogP contribution in [0.2, 0.25) is 20.1 Å². The zero-order chi connectivity index (χ0) is 24.9. The number of nitrogens with zero attached hydrogens (tertiary/aromatic N) is 2. The highest BCUT2D eigenvalue weighted by Gasteiger charge is 2.31. The molecule has 0 aliphatic rings. The number of likely N-dealkylation sites (N-methyl/N-ethyl adjacent to an activating group) is 1. The van der Waals surface area contributed by atoms with Gasteiger partial charge < -0.3 is 10.2 Å². The lowest BCUT2D eigenvalue weighted by atomic mass is 10.1. The number of sulfonamides is 1. The van der Waals surface area contributed by atoms with Gasteiger partial charge in [0.05, 0.1) is 32.0 Å². The fourth-order valence-electron chi connectivity index (χ4n) is 3.02. The average molecular weight is 555 g/mol. The molecule has 2 aromatic carbocycles. The molecule has 180 valence electrons. The topological polar surface area (TPSA) is 86.8 Å². The van der Waals surface area contributed by atoms with Crippen LogP contribution in [0.25, 0.3) is 0 Å². The third kappa shape index (κ3) is 7.13. The van der Waals surface area contributed by atoms with Crippen molar-refractivity contribution in [2.75, 3.05) is 23.7 Å². The molecule has 0 aliphatic heterocycles. The number of anilines is 1. The van der Waals surface area contributed by atoms with Crippen molar-refractivity contribution in [2.45, 2.75) is 26.4 Å². The van der Waals surface area contributed by atoms with Crippen molar-refractivity contribution in [2.24, 2.45) is 0 Å². The van der Waals surface area contributed by atoms with E-state index >= 15 is 0 Å². The average Bonchev–Trinajstić information content (AvgIpc) is 2.73. The van der Waals surface area contributed by atoms with Gasteiger partial charge in [0.15, 0.2) is 0 Å². The lowest BCUT2D eigenvalue weighted by molar-refractivity contribution is -0.139. The smallest absolute Gasteiger partial charge is 0.244 e. The Balaban J connectivity index is 2.45. The molecule has 0 saturated heterocycles. The van der Waals surface area contributed by atoms with Crippen LogP contribution in [0.15, 0.2) is 36.4 Å². The van der Waals surface area contributed by atoms with Crippen LogP contribution in [0.3, 0.4) is 0 Å². The summed E-state index contributed by atoms with van der Waals surface area (Å²) in [6.45, 7) is 3.07. The number of hydrogen-bond donors (Lipinski definition) is 1. The van der Waals surface area contributed by atoms with E-state index < -0.39 is 34.4 Å². The maximum absolute atomic E-state index is 13.4. The molecule has 7 nitrogen and oxygen atoms in total. The largest absolute Gasteiger partial charge is 0.355 e. The number of carbonyl (C=O) groups is 2. The molecule has 0 spiro atoms. The zero-order valence-corrected chi connectivity index (χ0v) is 22.0. The first-order chi connectivity index (χ1) is 15.4. The summed E-state index contributed by atoms with van der Waals surface area (Å²) in [5.41, 5.74) is 0.667. The van der Waals surface area contributed by atoms with Crippen molar-refractivity contribution in [1.82, 2.24) is 10.2 Å². The SMILES string of the molecule is CCNC(=O)C(C)N(Cc1ccc(Cl)c(Cl)c1)C(=O)CN(c1cccc(Cl)c1Cl)S(C)(=O)=O. The van der Waals surface area contributed by atoms with Crippen LogP contribution in [0.4, 0.5) is 5.69 Å². The highest BCUT2D eigenvalue weighted by Crippen LogP contribution is 2.34. The van der Waals surface area contributed by atoms with Crippen LogP contribution >= 0.6 is 46.4 Å². The molecule has 1 N–H and O–H groups in total. The predicted molar refractivity (Wildman–Crippen MR) is 134 cm³/mol. The van der Waals surface area contributed by atoms with E-state index in [0.717, 1.165) is 10.6 Å². The lowest BCUT2D eigenvalue weighted by Gasteiger charge is -2.31. The summed E-state index contributed by atoms with van der Waals surface area (Å²) in [4.78, 5) is 27.2.